The first-order valence-electron chi connectivity index (χ1n) is 17.5. The van der Waals surface area contributed by atoms with Gasteiger partial charge in [0.2, 0.25) is 0 Å². The van der Waals surface area contributed by atoms with Crippen LogP contribution >= 0.6 is 0 Å². The van der Waals surface area contributed by atoms with Crippen LogP contribution in [0.25, 0.3) is 88.6 Å². The summed E-state index contributed by atoms with van der Waals surface area (Å²) in [6.07, 6.45) is 0. The van der Waals surface area contributed by atoms with Gasteiger partial charge in [0.15, 0.2) is 0 Å². The van der Waals surface area contributed by atoms with Crippen molar-refractivity contribution in [2.45, 2.75) is 0 Å². The second-order valence-corrected chi connectivity index (χ2v) is 13.7. The van der Waals surface area contributed by atoms with Gasteiger partial charge in [0.1, 0.15) is 0 Å². The molecule has 0 unspecified atom stereocenters. The summed E-state index contributed by atoms with van der Waals surface area (Å²) in [4.78, 5) is 0. The molecule has 1 nitrogen and oxygen atoms in total. The molecule has 0 bridgehead atoms. The fourth-order valence-electron chi connectivity index (χ4n) is 8.69. The Bertz CT molecular complexity index is 2580. The van der Waals surface area contributed by atoms with E-state index in [0.29, 0.717) is 0 Å². The molecular formula is C48H30BN. The van der Waals surface area contributed by atoms with Gasteiger partial charge in [0.05, 0.1) is 0 Å². The van der Waals surface area contributed by atoms with Gasteiger partial charge in [0.25, 0.3) is 0 Å². The molecule has 0 radical (unpaired) electrons. The van der Waals surface area contributed by atoms with Crippen LogP contribution in [0.15, 0.2) is 182 Å². The third-order valence-corrected chi connectivity index (χ3v) is 11.0. The normalized spacial score (nSPS) is 12.4. The number of fused-ring (bicyclic) bond motifs is 7. The predicted molar refractivity (Wildman–Crippen MR) is 212 cm³/mol. The number of benzene rings is 8. The first-order valence-corrected chi connectivity index (χ1v) is 17.5. The van der Waals surface area contributed by atoms with Crippen molar-refractivity contribution in [3.05, 3.63) is 182 Å². The lowest BCUT2D eigenvalue weighted by molar-refractivity contribution is 1.31. The zero-order valence-electron chi connectivity index (χ0n) is 27.3. The van der Waals surface area contributed by atoms with Gasteiger partial charge < -0.3 is 4.48 Å². The molecule has 8 aromatic carbocycles. The molecule has 0 fully saturated rings. The highest BCUT2D eigenvalue weighted by molar-refractivity contribution is 6.88. The Balaban J connectivity index is 1.18. The minimum Gasteiger partial charge on any atom is -0.375 e. The molecule has 2 aliphatic rings. The molecule has 230 valence electrons. The Morgan fingerprint density at radius 3 is 1.04 bits per heavy atom. The van der Waals surface area contributed by atoms with Crippen LogP contribution in [-0.4, -0.2) is 11.3 Å². The van der Waals surface area contributed by atoms with Crippen molar-refractivity contribution in [1.82, 2.24) is 4.48 Å². The van der Waals surface area contributed by atoms with Gasteiger partial charge in [-0.25, -0.2) is 0 Å². The SMILES string of the molecule is c1ccc(-c2ccc(-c3cc4c5c(c3)c3cc(-c6ccc(-c7ccccc7)cc6)cc6c3n5B(c3ccccc3-4)c3ccccc3-6)cc2)cc1. The molecule has 0 saturated carbocycles. The summed E-state index contributed by atoms with van der Waals surface area (Å²) in [7, 11) is 0. The number of aromatic nitrogens is 1. The lowest BCUT2D eigenvalue weighted by Gasteiger charge is -2.32. The molecule has 0 N–H and O–H groups in total. The summed E-state index contributed by atoms with van der Waals surface area (Å²) in [5, 5.41) is 2.63. The lowest BCUT2D eigenvalue weighted by atomic mass is 9.45. The molecule has 11 rings (SSSR count). The van der Waals surface area contributed by atoms with Crippen LogP contribution in [0.3, 0.4) is 0 Å². The highest BCUT2D eigenvalue weighted by Crippen LogP contribution is 2.47. The van der Waals surface area contributed by atoms with Gasteiger partial charge in [-0.2, -0.15) is 0 Å². The van der Waals surface area contributed by atoms with Crippen LogP contribution < -0.4 is 10.9 Å². The average Bonchev–Trinajstić information content (AvgIpc) is 3.53. The van der Waals surface area contributed by atoms with Crippen LogP contribution in [-0.2, 0) is 0 Å². The predicted octanol–water partition coefficient (Wildman–Crippen LogP) is 11.1. The Hall–Kier alpha value is -6.38. The molecule has 2 aliphatic heterocycles. The third-order valence-electron chi connectivity index (χ3n) is 11.0. The standard InChI is InChI=1S/C48H30BN/c1-3-11-31(12-4-1)33-19-23-35(24-20-33)37-27-41-39-15-7-9-17-45(39)49-46-18-10-8-16-40(46)42-28-38(30-44-43(29-37)47(41)50(49)48(42)44)36-25-21-34(22-26-36)32-13-5-2-6-14-32/h1-30H. The Morgan fingerprint density at radius 2 is 0.620 bits per heavy atom. The van der Waals surface area contributed by atoms with E-state index < -0.39 is 0 Å². The lowest BCUT2D eigenvalue weighted by Crippen LogP contribution is -2.53. The minimum absolute atomic E-state index is 0.134. The first-order chi connectivity index (χ1) is 24.8. The summed E-state index contributed by atoms with van der Waals surface area (Å²) >= 11 is 0. The molecule has 0 atom stereocenters. The molecule has 0 saturated heterocycles. The van der Waals surface area contributed by atoms with Crippen molar-refractivity contribution >= 4 is 39.6 Å². The summed E-state index contributed by atoms with van der Waals surface area (Å²) in [6.45, 7) is 0.134. The van der Waals surface area contributed by atoms with E-state index in [1.54, 1.807) is 0 Å². The zero-order valence-corrected chi connectivity index (χ0v) is 27.3. The zero-order chi connectivity index (χ0) is 32.8. The second kappa shape index (κ2) is 10.6. The number of hydrogen-bond donors (Lipinski definition) is 0. The van der Waals surface area contributed by atoms with Crippen molar-refractivity contribution in [2.24, 2.45) is 0 Å². The number of rotatable bonds is 4. The van der Waals surface area contributed by atoms with Crippen molar-refractivity contribution in [3.8, 4) is 66.8 Å². The average molecular weight is 632 g/mol. The van der Waals surface area contributed by atoms with Crippen LogP contribution in [0.4, 0.5) is 0 Å². The maximum Gasteiger partial charge on any atom is 0.329 e. The van der Waals surface area contributed by atoms with Crippen LogP contribution in [0.1, 0.15) is 0 Å². The highest BCUT2D eigenvalue weighted by atomic mass is 14.9. The largest absolute Gasteiger partial charge is 0.375 e. The summed E-state index contributed by atoms with van der Waals surface area (Å²) < 4.78 is 2.66. The molecule has 0 amide bonds. The molecule has 9 aromatic rings. The van der Waals surface area contributed by atoms with Crippen molar-refractivity contribution < 1.29 is 0 Å². The van der Waals surface area contributed by atoms with Gasteiger partial charge in [-0.3, -0.25) is 0 Å². The smallest absolute Gasteiger partial charge is 0.329 e. The summed E-state index contributed by atoms with van der Waals surface area (Å²) in [5.74, 6) is 0. The Kier molecular flexibility index (Phi) is 5.82. The molecule has 3 heterocycles. The van der Waals surface area contributed by atoms with Crippen LogP contribution in [0.2, 0.25) is 0 Å². The van der Waals surface area contributed by atoms with E-state index in [1.807, 2.05) is 0 Å². The Morgan fingerprint density at radius 1 is 0.280 bits per heavy atom. The van der Waals surface area contributed by atoms with E-state index in [9.17, 15) is 0 Å². The van der Waals surface area contributed by atoms with E-state index in [0.717, 1.165) is 0 Å². The molecule has 2 heteroatoms. The first kappa shape index (κ1) is 27.6. The van der Waals surface area contributed by atoms with E-state index >= 15 is 0 Å². The molecule has 0 aliphatic carbocycles. The van der Waals surface area contributed by atoms with Gasteiger partial charge in [-0.05, 0) is 90.8 Å². The fourth-order valence-corrected chi connectivity index (χ4v) is 8.69. The maximum atomic E-state index is 2.66. The number of hydrogen-bond acceptors (Lipinski definition) is 0. The van der Waals surface area contributed by atoms with Crippen molar-refractivity contribution in [3.63, 3.8) is 0 Å². The molecule has 0 spiro atoms. The monoisotopic (exact) mass is 631 g/mol. The highest BCUT2D eigenvalue weighted by Gasteiger charge is 2.39. The second-order valence-electron chi connectivity index (χ2n) is 13.7. The van der Waals surface area contributed by atoms with Gasteiger partial charge in [-0.1, -0.05) is 158 Å². The van der Waals surface area contributed by atoms with Crippen molar-refractivity contribution in [1.29, 1.82) is 0 Å². The quantitative estimate of drug-likeness (QED) is 0.170. The number of nitrogens with zero attached hydrogens (tertiary/aromatic N) is 1. The maximum absolute atomic E-state index is 2.66. The summed E-state index contributed by atoms with van der Waals surface area (Å²) in [6, 6.07) is 67.3. The van der Waals surface area contributed by atoms with Gasteiger partial charge in [0, 0.05) is 32.9 Å². The topological polar surface area (TPSA) is 4.93 Å². The van der Waals surface area contributed by atoms with Crippen molar-refractivity contribution in [2.75, 3.05) is 0 Å². The third kappa shape index (κ3) is 3.97. The van der Waals surface area contributed by atoms with Gasteiger partial charge >= 0.3 is 6.85 Å². The Labute approximate surface area is 291 Å². The van der Waals surface area contributed by atoms with Crippen LogP contribution in [0.5, 0.6) is 0 Å². The van der Waals surface area contributed by atoms with E-state index in [2.05, 4.69) is 186 Å². The molecular weight excluding hydrogens is 601 g/mol. The van der Waals surface area contributed by atoms with Gasteiger partial charge in [-0.15, -0.1) is 0 Å². The molecule has 1 aromatic heterocycles. The van der Waals surface area contributed by atoms with E-state index in [1.165, 1.54) is 99.5 Å². The van der Waals surface area contributed by atoms with E-state index in [4.69, 9.17) is 0 Å². The molecule has 50 heavy (non-hydrogen) atoms. The summed E-state index contributed by atoms with van der Waals surface area (Å²) in [5.41, 5.74) is 20.6. The minimum atomic E-state index is 0.134. The van der Waals surface area contributed by atoms with Crippen LogP contribution in [0, 0.1) is 0 Å². The fraction of sp³-hybridized carbons (Fsp3) is 0. The van der Waals surface area contributed by atoms with E-state index in [-0.39, 0.29) is 6.85 Å².